The molecular weight excluding hydrogens is 428 g/mol. The molecule has 2 heteroatoms. The number of rotatable bonds is 18. The number of ether oxygens (including phenoxy) is 1. The summed E-state index contributed by atoms with van der Waals surface area (Å²) >= 11 is 0. The lowest BCUT2D eigenvalue weighted by atomic mass is 9.79. The van der Waals surface area contributed by atoms with Gasteiger partial charge in [0, 0.05) is 17.5 Å². The summed E-state index contributed by atoms with van der Waals surface area (Å²) in [6.45, 7) is 15.4. The maximum atomic E-state index is 12.7. The summed E-state index contributed by atoms with van der Waals surface area (Å²) in [6.07, 6.45) is 22.0. The molecule has 0 aliphatic heterocycles. The number of carbonyl (C=O) groups excluding carboxylic acids is 1. The maximum absolute atomic E-state index is 12.7. The van der Waals surface area contributed by atoms with Gasteiger partial charge in [-0.15, -0.1) is 0 Å². The van der Waals surface area contributed by atoms with E-state index in [4.69, 9.17) is 4.74 Å². The van der Waals surface area contributed by atoms with Crippen molar-refractivity contribution in [1.29, 1.82) is 0 Å². The molecule has 0 atom stereocenters. The zero-order chi connectivity index (χ0) is 26.2. The van der Waals surface area contributed by atoms with Crippen LogP contribution in [-0.4, -0.2) is 5.97 Å². The molecule has 0 unspecified atom stereocenters. The van der Waals surface area contributed by atoms with Gasteiger partial charge < -0.3 is 4.74 Å². The normalized spacial score (nSPS) is 12.2. The zero-order valence-electron chi connectivity index (χ0n) is 24.6. The Morgan fingerprint density at radius 3 is 1.29 bits per heavy atom. The van der Waals surface area contributed by atoms with Crippen molar-refractivity contribution < 1.29 is 9.53 Å². The van der Waals surface area contributed by atoms with Crippen LogP contribution in [-0.2, 0) is 15.6 Å². The van der Waals surface area contributed by atoms with Crippen LogP contribution in [0.1, 0.15) is 169 Å². The van der Waals surface area contributed by atoms with Gasteiger partial charge in [-0.3, -0.25) is 4.79 Å². The highest BCUT2D eigenvalue weighted by Gasteiger charge is 2.27. The molecule has 0 fully saturated rings. The summed E-state index contributed by atoms with van der Waals surface area (Å²) in [5, 5.41) is 0. The van der Waals surface area contributed by atoms with E-state index < -0.39 is 0 Å². The Kier molecular flexibility index (Phi) is 15.6. The monoisotopic (exact) mass is 486 g/mol. The van der Waals surface area contributed by atoms with Crippen LogP contribution >= 0.6 is 0 Å². The van der Waals surface area contributed by atoms with E-state index in [1.807, 2.05) is 0 Å². The average Bonchev–Trinajstić information content (AvgIpc) is 2.77. The standard InChI is InChI=1S/C33H58O2/c1-8-9-10-11-12-13-14-15-16-17-18-19-20-21-22-23-27-30(34)35-31-28(32(2,3)4)25-24-26-29(31)33(5,6)7/h24-26H,8-23,27H2,1-7H3. The van der Waals surface area contributed by atoms with Crippen molar-refractivity contribution in [3.8, 4) is 5.75 Å². The highest BCUT2D eigenvalue weighted by molar-refractivity contribution is 5.73. The third kappa shape index (κ3) is 14.1. The third-order valence-corrected chi connectivity index (χ3v) is 7.08. The molecule has 0 aromatic heterocycles. The van der Waals surface area contributed by atoms with E-state index in [1.54, 1.807) is 0 Å². The minimum atomic E-state index is -0.0856. The first-order valence-corrected chi connectivity index (χ1v) is 14.9. The first-order chi connectivity index (χ1) is 16.6. The summed E-state index contributed by atoms with van der Waals surface area (Å²) in [7, 11) is 0. The van der Waals surface area contributed by atoms with Gasteiger partial charge in [0.25, 0.3) is 0 Å². The Bertz CT molecular complexity index is 658. The Morgan fingerprint density at radius 1 is 0.600 bits per heavy atom. The summed E-state index contributed by atoms with van der Waals surface area (Å²) in [6, 6.07) is 6.30. The molecule has 35 heavy (non-hydrogen) atoms. The summed E-state index contributed by atoms with van der Waals surface area (Å²) in [5.41, 5.74) is 2.10. The van der Waals surface area contributed by atoms with Gasteiger partial charge in [0.2, 0.25) is 0 Å². The topological polar surface area (TPSA) is 26.3 Å². The molecule has 1 aromatic rings. The number of carbonyl (C=O) groups is 1. The minimum Gasteiger partial charge on any atom is -0.426 e. The third-order valence-electron chi connectivity index (χ3n) is 7.08. The first kappa shape index (κ1) is 31.7. The molecule has 0 saturated heterocycles. The Hall–Kier alpha value is -1.31. The molecule has 1 rings (SSSR count). The lowest BCUT2D eigenvalue weighted by Gasteiger charge is -2.28. The largest absolute Gasteiger partial charge is 0.426 e. The van der Waals surface area contributed by atoms with E-state index in [1.165, 1.54) is 89.9 Å². The van der Waals surface area contributed by atoms with Crippen LogP contribution in [0.15, 0.2) is 18.2 Å². The molecule has 0 saturated carbocycles. The zero-order valence-corrected chi connectivity index (χ0v) is 24.6. The van der Waals surface area contributed by atoms with Crippen molar-refractivity contribution in [2.24, 2.45) is 0 Å². The number of esters is 1. The van der Waals surface area contributed by atoms with Gasteiger partial charge in [-0.05, 0) is 17.3 Å². The van der Waals surface area contributed by atoms with Gasteiger partial charge in [0.1, 0.15) is 5.75 Å². The van der Waals surface area contributed by atoms with Crippen LogP contribution in [0, 0.1) is 0 Å². The van der Waals surface area contributed by atoms with Gasteiger partial charge in [-0.25, -0.2) is 0 Å². The second-order valence-electron chi connectivity index (χ2n) is 12.7. The molecule has 0 N–H and O–H groups in total. The quantitative estimate of drug-likeness (QED) is 0.117. The molecule has 0 aliphatic carbocycles. The van der Waals surface area contributed by atoms with Gasteiger partial charge in [0.05, 0.1) is 0 Å². The van der Waals surface area contributed by atoms with E-state index in [0.29, 0.717) is 6.42 Å². The SMILES string of the molecule is CCCCCCCCCCCCCCCCCCC(=O)Oc1c(C(C)(C)C)cccc1C(C)(C)C. The summed E-state index contributed by atoms with van der Waals surface area (Å²) in [4.78, 5) is 12.7. The van der Waals surface area contributed by atoms with Crippen molar-refractivity contribution in [2.75, 3.05) is 0 Å². The second-order valence-corrected chi connectivity index (χ2v) is 12.7. The van der Waals surface area contributed by atoms with E-state index in [0.717, 1.165) is 29.7 Å². The van der Waals surface area contributed by atoms with E-state index in [-0.39, 0.29) is 16.8 Å². The van der Waals surface area contributed by atoms with E-state index in [2.05, 4.69) is 66.7 Å². The lowest BCUT2D eigenvalue weighted by molar-refractivity contribution is -0.134. The van der Waals surface area contributed by atoms with Crippen LogP contribution < -0.4 is 4.74 Å². The molecular formula is C33H58O2. The maximum Gasteiger partial charge on any atom is 0.311 e. The predicted octanol–water partition coefficient (Wildman–Crippen LogP) is 10.8. The lowest BCUT2D eigenvalue weighted by Crippen LogP contribution is -2.21. The second kappa shape index (κ2) is 17.2. The smallest absolute Gasteiger partial charge is 0.311 e. The summed E-state index contributed by atoms with van der Waals surface area (Å²) in [5.74, 6) is 0.701. The van der Waals surface area contributed by atoms with Crippen molar-refractivity contribution >= 4 is 5.97 Å². The predicted molar refractivity (Wildman–Crippen MR) is 154 cm³/mol. The van der Waals surface area contributed by atoms with Crippen molar-refractivity contribution in [1.82, 2.24) is 0 Å². The van der Waals surface area contributed by atoms with Gasteiger partial charge >= 0.3 is 5.97 Å². The van der Waals surface area contributed by atoms with Crippen LogP contribution in [0.3, 0.4) is 0 Å². The number of benzene rings is 1. The minimum absolute atomic E-state index is 0.0644. The Morgan fingerprint density at radius 2 is 0.943 bits per heavy atom. The van der Waals surface area contributed by atoms with Gasteiger partial charge in [-0.1, -0.05) is 163 Å². The number of hydrogen-bond donors (Lipinski definition) is 0. The number of unbranched alkanes of at least 4 members (excludes halogenated alkanes) is 15. The molecule has 0 amide bonds. The van der Waals surface area contributed by atoms with Gasteiger partial charge in [-0.2, -0.15) is 0 Å². The Balaban J connectivity index is 2.18. The fourth-order valence-corrected chi connectivity index (χ4v) is 4.81. The van der Waals surface area contributed by atoms with Crippen molar-refractivity contribution in [2.45, 2.75) is 168 Å². The fraction of sp³-hybridized carbons (Fsp3) is 0.788. The number of para-hydroxylation sites is 1. The van der Waals surface area contributed by atoms with Crippen LogP contribution in [0.4, 0.5) is 0 Å². The molecule has 0 bridgehead atoms. The van der Waals surface area contributed by atoms with Crippen LogP contribution in [0.25, 0.3) is 0 Å². The molecule has 0 spiro atoms. The average molecular weight is 487 g/mol. The molecule has 202 valence electrons. The van der Waals surface area contributed by atoms with E-state index >= 15 is 0 Å². The van der Waals surface area contributed by atoms with E-state index in [9.17, 15) is 4.79 Å². The first-order valence-electron chi connectivity index (χ1n) is 14.9. The molecule has 2 nitrogen and oxygen atoms in total. The van der Waals surface area contributed by atoms with Crippen LogP contribution in [0.5, 0.6) is 5.75 Å². The Labute approximate surface area is 219 Å². The number of hydrogen-bond acceptors (Lipinski definition) is 2. The molecule has 0 heterocycles. The molecule has 1 aromatic carbocycles. The highest BCUT2D eigenvalue weighted by atomic mass is 16.5. The van der Waals surface area contributed by atoms with Gasteiger partial charge in [0.15, 0.2) is 0 Å². The van der Waals surface area contributed by atoms with Crippen molar-refractivity contribution in [3.05, 3.63) is 29.3 Å². The van der Waals surface area contributed by atoms with Crippen LogP contribution in [0.2, 0.25) is 0 Å². The fourth-order valence-electron chi connectivity index (χ4n) is 4.81. The molecule has 0 radical (unpaired) electrons. The van der Waals surface area contributed by atoms with Crippen molar-refractivity contribution in [3.63, 3.8) is 0 Å². The molecule has 0 aliphatic rings. The highest BCUT2D eigenvalue weighted by Crippen LogP contribution is 2.39. The summed E-state index contributed by atoms with van der Waals surface area (Å²) < 4.78 is 6.02.